The first-order valence-electron chi connectivity index (χ1n) is 7.36. The molecule has 2 aliphatic heterocycles. The van der Waals surface area contributed by atoms with Crippen LogP contribution in [0.3, 0.4) is 0 Å². The molecule has 3 rings (SSSR count). The predicted octanol–water partition coefficient (Wildman–Crippen LogP) is 1.63. The molecule has 2 unspecified atom stereocenters. The summed E-state index contributed by atoms with van der Waals surface area (Å²) in [4.78, 5) is 2.72. The largest absolute Gasteiger partial charge is 0.381 e. The molecule has 0 bridgehead atoms. The van der Waals surface area contributed by atoms with Crippen molar-refractivity contribution in [2.75, 3.05) is 32.8 Å². The number of hydrogen-bond acceptors (Lipinski definition) is 3. The monoisotopic (exact) mass is 238 g/mol. The summed E-state index contributed by atoms with van der Waals surface area (Å²) in [5, 5.41) is 3.80. The van der Waals surface area contributed by atoms with Crippen molar-refractivity contribution in [1.29, 1.82) is 0 Å². The summed E-state index contributed by atoms with van der Waals surface area (Å²) in [6.07, 6.45) is 6.87. The molecule has 2 atom stereocenters. The third-order valence-electron chi connectivity index (χ3n) is 5.19. The highest BCUT2D eigenvalue weighted by Crippen LogP contribution is 2.33. The van der Waals surface area contributed by atoms with E-state index >= 15 is 0 Å². The van der Waals surface area contributed by atoms with E-state index in [2.05, 4.69) is 17.1 Å². The minimum Gasteiger partial charge on any atom is -0.381 e. The fraction of sp³-hybridized carbons (Fsp3) is 1.00. The average Bonchev–Trinajstić information content (AvgIpc) is 3.00. The molecule has 0 aromatic rings. The van der Waals surface area contributed by atoms with Crippen LogP contribution in [0.5, 0.6) is 0 Å². The Morgan fingerprint density at radius 2 is 2.18 bits per heavy atom. The summed E-state index contributed by atoms with van der Waals surface area (Å²) >= 11 is 0. The van der Waals surface area contributed by atoms with E-state index < -0.39 is 0 Å². The quantitative estimate of drug-likeness (QED) is 0.791. The van der Waals surface area contributed by atoms with Crippen molar-refractivity contribution in [3.63, 3.8) is 0 Å². The maximum absolute atomic E-state index is 5.54. The first-order chi connectivity index (χ1) is 8.29. The lowest BCUT2D eigenvalue weighted by atomic mass is 9.91. The molecule has 1 spiro atoms. The van der Waals surface area contributed by atoms with Gasteiger partial charge in [0.05, 0.1) is 6.61 Å². The van der Waals surface area contributed by atoms with Crippen molar-refractivity contribution < 1.29 is 4.74 Å². The summed E-state index contributed by atoms with van der Waals surface area (Å²) in [5.41, 5.74) is 0.464. The molecule has 3 fully saturated rings. The molecule has 3 nitrogen and oxygen atoms in total. The van der Waals surface area contributed by atoms with Crippen LogP contribution in [0, 0.1) is 5.92 Å². The van der Waals surface area contributed by atoms with Crippen LogP contribution >= 0.6 is 0 Å². The van der Waals surface area contributed by atoms with E-state index in [-0.39, 0.29) is 0 Å². The SMILES string of the molecule is CC(C1CCOC1)N1CCNC2(CCCC2)C1. The molecule has 0 aromatic heterocycles. The molecule has 3 aliphatic rings. The maximum Gasteiger partial charge on any atom is 0.0509 e. The molecule has 0 amide bonds. The standard InChI is InChI=1S/C14H26N2O/c1-12(13-4-9-17-10-13)16-8-7-15-14(11-16)5-2-3-6-14/h12-13,15H,2-11H2,1H3. The summed E-state index contributed by atoms with van der Waals surface area (Å²) in [7, 11) is 0. The van der Waals surface area contributed by atoms with E-state index in [1.54, 1.807) is 0 Å². The first kappa shape index (κ1) is 11.9. The molecule has 0 aromatic carbocycles. The maximum atomic E-state index is 5.54. The summed E-state index contributed by atoms with van der Waals surface area (Å²) in [6, 6.07) is 0.706. The van der Waals surface area contributed by atoms with Gasteiger partial charge in [-0.05, 0) is 32.1 Å². The second-order valence-corrected chi connectivity index (χ2v) is 6.25. The van der Waals surface area contributed by atoms with Crippen molar-refractivity contribution in [3.05, 3.63) is 0 Å². The van der Waals surface area contributed by atoms with Crippen molar-refractivity contribution >= 4 is 0 Å². The number of ether oxygens (including phenoxy) is 1. The molecular weight excluding hydrogens is 212 g/mol. The van der Waals surface area contributed by atoms with Gasteiger partial charge in [-0.15, -0.1) is 0 Å². The highest BCUT2D eigenvalue weighted by molar-refractivity contribution is 4.99. The smallest absolute Gasteiger partial charge is 0.0509 e. The van der Waals surface area contributed by atoms with Gasteiger partial charge in [-0.2, -0.15) is 0 Å². The molecule has 2 saturated heterocycles. The zero-order valence-corrected chi connectivity index (χ0v) is 11.1. The summed E-state index contributed by atoms with van der Waals surface area (Å²) in [6.45, 7) is 8.04. The zero-order valence-electron chi connectivity index (χ0n) is 11.1. The van der Waals surface area contributed by atoms with Crippen LogP contribution in [0.25, 0.3) is 0 Å². The Morgan fingerprint density at radius 3 is 2.88 bits per heavy atom. The number of hydrogen-bond donors (Lipinski definition) is 1. The fourth-order valence-corrected chi connectivity index (χ4v) is 3.95. The molecule has 1 aliphatic carbocycles. The van der Waals surface area contributed by atoms with Crippen LogP contribution in [0.2, 0.25) is 0 Å². The Bertz CT molecular complexity index is 257. The number of nitrogens with one attached hydrogen (secondary N) is 1. The highest BCUT2D eigenvalue weighted by atomic mass is 16.5. The van der Waals surface area contributed by atoms with E-state index in [1.807, 2.05) is 0 Å². The van der Waals surface area contributed by atoms with Crippen molar-refractivity contribution in [3.8, 4) is 0 Å². The molecule has 3 heteroatoms. The number of nitrogens with zero attached hydrogens (tertiary/aromatic N) is 1. The highest BCUT2D eigenvalue weighted by Gasteiger charge is 2.40. The molecule has 17 heavy (non-hydrogen) atoms. The Morgan fingerprint density at radius 1 is 1.35 bits per heavy atom. The lowest BCUT2D eigenvalue weighted by Crippen LogP contribution is -2.61. The third kappa shape index (κ3) is 2.38. The average molecular weight is 238 g/mol. The van der Waals surface area contributed by atoms with Gasteiger partial charge in [-0.3, -0.25) is 4.90 Å². The molecule has 1 saturated carbocycles. The molecule has 0 radical (unpaired) electrons. The van der Waals surface area contributed by atoms with Crippen LogP contribution in [0.15, 0.2) is 0 Å². The lowest BCUT2D eigenvalue weighted by Gasteiger charge is -2.45. The van der Waals surface area contributed by atoms with E-state index in [0.29, 0.717) is 11.6 Å². The minimum atomic E-state index is 0.464. The zero-order chi connectivity index (χ0) is 11.7. The Hall–Kier alpha value is -0.120. The van der Waals surface area contributed by atoms with Gasteiger partial charge in [0.15, 0.2) is 0 Å². The topological polar surface area (TPSA) is 24.5 Å². The van der Waals surface area contributed by atoms with Crippen LogP contribution < -0.4 is 5.32 Å². The van der Waals surface area contributed by atoms with Crippen LogP contribution in [-0.2, 0) is 4.74 Å². The number of rotatable bonds is 2. The fourth-order valence-electron chi connectivity index (χ4n) is 3.95. The Balaban J connectivity index is 1.62. The van der Waals surface area contributed by atoms with Gasteiger partial charge in [0.1, 0.15) is 0 Å². The van der Waals surface area contributed by atoms with Gasteiger partial charge in [0, 0.05) is 37.8 Å². The lowest BCUT2D eigenvalue weighted by molar-refractivity contribution is 0.0678. The van der Waals surface area contributed by atoms with Crippen LogP contribution in [-0.4, -0.2) is 49.3 Å². The van der Waals surface area contributed by atoms with Crippen LogP contribution in [0.4, 0.5) is 0 Å². The second kappa shape index (κ2) is 4.87. The van der Waals surface area contributed by atoms with Gasteiger partial charge in [-0.1, -0.05) is 12.8 Å². The normalized spacial score (nSPS) is 35.5. The van der Waals surface area contributed by atoms with E-state index in [1.165, 1.54) is 51.7 Å². The summed E-state index contributed by atoms with van der Waals surface area (Å²) in [5.74, 6) is 0.770. The number of piperazine rings is 1. The van der Waals surface area contributed by atoms with Gasteiger partial charge in [-0.25, -0.2) is 0 Å². The van der Waals surface area contributed by atoms with Crippen molar-refractivity contribution in [1.82, 2.24) is 10.2 Å². The van der Waals surface area contributed by atoms with Gasteiger partial charge >= 0.3 is 0 Å². The molecule has 98 valence electrons. The van der Waals surface area contributed by atoms with Crippen molar-refractivity contribution in [2.24, 2.45) is 5.92 Å². The molecule has 2 heterocycles. The second-order valence-electron chi connectivity index (χ2n) is 6.25. The van der Waals surface area contributed by atoms with Gasteiger partial charge < -0.3 is 10.1 Å². The third-order valence-corrected chi connectivity index (χ3v) is 5.19. The van der Waals surface area contributed by atoms with Gasteiger partial charge in [0.2, 0.25) is 0 Å². The predicted molar refractivity (Wildman–Crippen MR) is 69.2 cm³/mol. The van der Waals surface area contributed by atoms with E-state index in [4.69, 9.17) is 4.74 Å². The molecular formula is C14H26N2O. The first-order valence-corrected chi connectivity index (χ1v) is 7.36. The Labute approximate surface area is 105 Å². The van der Waals surface area contributed by atoms with Crippen LogP contribution in [0.1, 0.15) is 39.0 Å². The minimum absolute atomic E-state index is 0.464. The molecule has 1 N–H and O–H groups in total. The van der Waals surface area contributed by atoms with Crippen molar-refractivity contribution in [2.45, 2.75) is 50.6 Å². The Kier molecular flexibility index (Phi) is 3.42. The summed E-state index contributed by atoms with van der Waals surface area (Å²) < 4.78 is 5.54. The van der Waals surface area contributed by atoms with E-state index in [0.717, 1.165) is 19.1 Å². The van der Waals surface area contributed by atoms with E-state index in [9.17, 15) is 0 Å². The van der Waals surface area contributed by atoms with Gasteiger partial charge in [0.25, 0.3) is 0 Å².